The Morgan fingerprint density at radius 1 is 0.828 bits per heavy atom. The van der Waals surface area contributed by atoms with Gasteiger partial charge in [-0.05, 0) is 49.9 Å². The molecule has 2 fully saturated rings. The number of nitrogens with zero attached hydrogens (tertiary/aromatic N) is 2. The number of ether oxygens (including phenoxy) is 1. The highest BCUT2D eigenvalue weighted by molar-refractivity contribution is 5.94. The van der Waals surface area contributed by atoms with Crippen LogP contribution in [0.5, 0.6) is 5.75 Å². The summed E-state index contributed by atoms with van der Waals surface area (Å²) in [6.45, 7) is 3.10. The number of carbonyl (C=O) groups excluding carboxylic acids is 1. The summed E-state index contributed by atoms with van der Waals surface area (Å²) < 4.78 is 33.5. The maximum Gasteiger partial charge on any atom is 0.256 e. The van der Waals surface area contributed by atoms with Crippen molar-refractivity contribution in [3.63, 3.8) is 0 Å². The van der Waals surface area contributed by atoms with Crippen molar-refractivity contribution in [1.82, 2.24) is 9.80 Å². The fourth-order valence-electron chi connectivity index (χ4n) is 4.32. The maximum absolute atomic E-state index is 13.9. The molecule has 2 aliphatic heterocycles. The van der Waals surface area contributed by atoms with Gasteiger partial charge in [0.15, 0.2) is 11.6 Å². The Morgan fingerprint density at radius 3 is 2.10 bits per heavy atom. The number of rotatable bonds is 4. The van der Waals surface area contributed by atoms with Crippen LogP contribution in [0.25, 0.3) is 0 Å². The summed E-state index contributed by atoms with van der Waals surface area (Å²) >= 11 is 0. The van der Waals surface area contributed by atoms with Gasteiger partial charge in [-0.15, -0.1) is 0 Å². The summed E-state index contributed by atoms with van der Waals surface area (Å²) in [5.41, 5.74) is 0.150. The maximum atomic E-state index is 13.9. The fraction of sp³-hybridized carbons (Fsp3) is 0.435. The van der Waals surface area contributed by atoms with Crippen LogP contribution in [0.4, 0.5) is 8.78 Å². The first-order valence-corrected chi connectivity index (χ1v) is 10.3. The molecule has 2 saturated heterocycles. The highest BCUT2D eigenvalue weighted by atomic mass is 19.1. The van der Waals surface area contributed by atoms with E-state index in [1.165, 1.54) is 12.1 Å². The summed E-state index contributed by atoms with van der Waals surface area (Å²) in [6, 6.07) is 13.1. The Hall–Kier alpha value is -2.47. The average Bonchev–Trinajstić information content (AvgIpc) is 2.76. The predicted octanol–water partition coefficient (Wildman–Crippen LogP) is 4.11. The van der Waals surface area contributed by atoms with E-state index < -0.39 is 5.82 Å². The Labute approximate surface area is 170 Å². The molecule has 0 bridgehead atoms. The van der Waals surface area contributed by atoms with E-state index in [0.717, 1.165) is 38.8 Å². The third-order valence-corrected chi connectivity index (χ3v) is 5.98. The first kappa shape index (κ1) is 19.8. The number of hydrogen-bond donors (Lipinski definition) is 0. The highest BCUT2D eigenvalue weighted by Crippen LogP contribution is 2.26. The zero-order valence-electron chi connectivity index (χ0n) is 16.4. The Bertz CT molecular complexity index is 844. The minimum Gasteiger partial charge on any atom is -0.487 e. The van der Waals surface area contributed by atoms with Crippen molar-refractivity contribution < 1.29 is 18.3 Å². The number of likely N-dealkylation sites (tertiary alicyclic amines) is 2. The third-order valence-electron chi connectivity index (χ3n) is 5.98. The zero-order chi connectivity index (χ0) is 20.2. The van der Waals surface area contributed by atoms with Gasteiger partial charge in [0.2, 0.25) is 0 Å². The topological polar surface area (TPSA) is 32.8 Å². The molecule has 154 valence electrons. The Balaban J connectivity index is 1.25. The first-order valence-electron chi connectivity index (χ1n) is 10.3. The second-order valence-corrected chi connectivity index (χ2v) is 7.79. The zero-order valence-corrected chi connectivity index (χ0v) is 16.4. The van der Waals surface area contributed by atoms with Gasteiger partial charge in [-0.2, -0.15) is 0 Å². The van der Waals surface area contributed by atoms with Crippen LogP contribution in [-0.2, 0) is 0 Å². The van der Waals surface area contributed by atoms with E-state index in [9.17, 15) is 13.6 Å². The van der Waals surface area contributed by atoms with Crippen LogP contribution in [0.3, 0.4) is 0 Å². The van der Waals surface area contributed by atoms with Crippen molar-refractivity contribution in [1.29, 1.82) is 0 Å². The van der Waals surface area contributed by atoms with Crippen LogP contribution in [0.2, 0.25) is 0 Å². The first-order chi connectivity index (χ1) is 14.1. The molecule has 2 heterocycles. The van der Waals surface area contributed by atoms with Gasteiger partial charge >= 0.3 is 0 Å². The highest BCUT2D eigenvalue weighted by Gasteiger charge is 2.31. The van der Waals surface area contributed by atoms with Crippen molar-refractivity contribution >= 4 is 5.91 Å². The number of halogens is 2. The van der Waals surface area contributed by atoms with Crippen LogP contribution in [0.1, 0.15) is 36.0 Å². The lowest BCUT2D eigenvalue weighted by molar-refractivity contribution is 0.0414. The van der Waals surface area contributed by atoms with Crippen molar-refractivity contribution in [3.8, 4) is 5.75 Å². The van der Waals surface area contributed by atoms with E-state index in [-0.39, 0.29) is 23.4 Å². The number of para-hydroxylation sites is 1. The molecule has 2 aliphatic rings. The smallest absolute Gasteiger partial charge is 0.256 e. The molecule has 4 rings (SSSR count). The van der Waals surface area contributed by atoms with E-state index in [1.54, 1.807) is 41.3 Å². The quantitative estimate of drug-likeness (QED) is 0.774. The molecule has 29 heavy (non-hydrogen) atoms. The fourth-order valence-corrected chi connectivity index (χ4v) is 4.32. The third kappa shape index (κ3) is 4.58. The van der Waals surface area contributed by atoms with Gasteiger partial charge in [0.25, 0.3) is 5.91 Å². The average molecular weight is 400 g/mol. The molecular weight excluding hydrogens is 374 g/mol. The summed E-state index contributed by atoms with van der Waals surface area (Å²) in [4.78, 5) is 16.8. The number of piperidine rings is 2. The van der Waals surface area contributed by atoms with Gasteiger partial charge in [-0.1, -0.05) is 24.3 Å². The van der Waals surface area contributed by atoms with Gasteiger partial charge in [0, 0.05) is 32.2 Å². The van der Waals surface area contributed by atoms with Gasteiger partial charge in [-0.25, -0.2) is 8.78 Å². The van der Waals surface area contributed by atoms with Crippen LogP contribution in [-0.4, -0.2) is 54.0 Å². The van der Waals surface area contributed by atoms with E-state index >= 15 is 0 Å². The number of amides is 1. The van der Waals surface area contributed by atoms with Gasteiger partial charge in [0.05, 0.1) is 5.56 Å². The minimum absolute atomic E-state index is 0.0332. The van der Waals surface area contributed by atoms with Gasteiger partial charge in [-0.3, -0.25) is 9.69 Å². The molecule has 1 amide bonds. The standard InChI is InChI=1S/C23H26F2N2O2/c24-20-6-2-1-5-19(20)23(28)27-13-9-17(10-14-27)26-15-11-18(12-16-26)29-22-8-4-3-7-21(22)25/h1-8,17-18H,9-16H2. The second-order valence-electron chi connectivity index (χ2n) is 7.79. The lowest BCUT2D eigenvalue weighted by Crippen LogP contribution is -2.50. The Kier molecular flexibility index (Phi) is 6.09. The van der Waals surface area contributed by atoms with Crippen molar-refractivity contribution in [2.75, 3.05) is 26.2 Å². The van der Waals surface area contributed by atoms with E-state index in [1.807, 2.05) is 0 Å². The lowest BCUT2D eigenvalue weighted by atomic mass is 9.98. The summed E-state index contributed by atoms with van der Waals surface area (Å²) in [5.74, 6) is -0.678. The van der Waals surface area contributed by atoms with Crippen LogP contribution >= 0.6 is 0 Å². The molecule has 0 radical (unpaired) electrons. The molecule has 0 saturated carbocycles. The van der Waals surface area contributed by atoms with Gasteiger partial charge in [0.1, 0.15) is 11.9 Å². The summed E-state index contributed by atoms with van der Waals surface area (Å²) in [5, 5.41) is 0. The van der Waals surface area contributed by atoms with Crippen LogP contribution in [0, 0.1) is 11.6 Å². The molecule has 0 atom stereocenters. The lowest BCUT2D eigenvalue weighted by Gasteiger charge is -2.41. The molecule has 0 unspecified atom stereocenters. The SMILES string of the molecule is O=C(c1ccccc1F)N1CCC(N2CCC(Oc3ccccc3F)CC2)CC1. The monoisotopic (exact) mass is 400 g/mol. The molecule has 6 heteroatoms. The predicted molar refractivity (Wildman–Crippen MR) is 107 cm³/mol. The molecule has 0 aromatic heterocycles. The van der Waals surface area contributed by atoms with Gasteiger partial charge < -0.3 is 9.64 Å². The van der Waals surface area contributed by atoms with Crippen molar-refractivity contribution in [2.24, 2.45) is 0 Å². The molecule has 0 aliphatic carbocycles. The van der Waals surface area contributed by atoms with Crippen LogP contribution < -0.4 is 4.74 Å². The molecule has 2 aromatic rings. The molecular formula is C23H26F2N2O2. The second kappa shape index (κ2) is 8.91. The molecule has 4 nitrogen and oxygen atoms in total. The largest absolute Gasteiger partial charge is 0.487 e. The van der Waals surface area contributed by atoms with E-state index in [0.29, 0.717) is 24.9 Å². The van der Waals surface area contributed by atoms with Crippen LogP contribution in [0.15, 0.2) is 48.5 Å². The summed E-state index contributed by atoms with van der Waals surface area (Å²) in [7, 11) is 0. The Morgan fingerprint density at radius 2 is 1.45 bits per heavy atom. The van der Waals surface area contributed by atoms with Crippen molar-refractivity contribution in [3.05, 3.63) is 65.7 Å². The van der Waals surface area contributed by atoms with E-state index in [4.69, 9.17) is 4.74 Å². The normalized spacial score (nSPS) is 19.3. The summed E-state index contributed by atoms with van der Waals surface area (Å²) in [6.07, 6.45) is 3.54. The molecule has 2 aromatic carbocycles. The van der Waals surface area contributed by atoms with Crippen molar-refractivity contribution in [2.45, 2.75) is 37.8 Å². The van der Waals surface area contributed by atoms with E-state index in [2.05, 4.69) is 4.90 Å². The number of hydrogen-bond acceptors (Lipinski definition) is 3. The number of carbonyl (C=O) groups is 1. The molecule has 0 spiro atoms. The minimum atomic E-state index is -0.462. The number of benzene rings is 2. The molecule has 0 N–H and O–H groups in total.